The Morgan fingerprint density at radius 3 is 2.39 bits per heavy atom. The molecule has 172 valence electrons. The lowest BCUT2D eigenvalue weighted by molar-refractivity contribution is -0.138. The second-order valence-electron chi connectivity index (χ2n) is 8.02. The van der Waals surface area contributed by atoms with Crippen LogP contribution in [-0.4, -0.2) is 40.5 Å². The van der Waals surface area contributed by atoms with Crippen molar-refractivity contribution in [2.45, 2.75) is 25.6 Å². The summed E-state index contributed by atoms with van der Waals surface area (Å²) in [6.45, 7) is 6.87. The summed E-state index contributed by atoms with van der Waals surface area (Å²) in [6, 6.07) is 6.27. The minimum Gasteiger partial charge on any atom is -0.378 e. The van der Waals surface area contributed by atoms with Gasteiger partial charge in [-0.15, -0.1) is 0 Å². The third-order valence-corrected chi connectivity index (χ3v) is 5.64. The first-order valence-electron chi connectivity index (χ1n) is 9.54. The highest BCUT2D eigenvalue weighted by Gasteiger charge is 2.51. The molecule has 0 spiro atoms. The van der Waals surface area contributed by atoms with Crippen molar-refractivity contribution in [3.63, 3.8) is 0 Å². The Balaban J connectivity index is 2.09. The molecule has 1 aliphatic heterocycles. The fraction of sp³-hybridized carbons (Fsp3) is 0.273. The van der Waals surface area contributed by atoms with Gasteiger partial charge in [0.25, 0.3) is 5.91 Å². The van der Waals surface area contributed by atoms with Crippen molar-refractivity contribution < 1.29 is 22.4 Å². The van der Waals surface area contributed by atoms with Crippen LogP contribution in [0, 0.1) is 17.1 Å². The minimum absolute atomic E-state index is 0.150. The van der Waals surface area contributed by atoms with Crippen molar-refractivity contribution in [3.8, 4) is 6.07 Å². The number of benzene rings is 1. The fourth-order valence-corrected chi connectivity index (χ4v) is 3.98. The molecule has 0 aliphatic carbocycles. The van der Waals surface area contributed by atoms with E-state index in [1.54, 1.807) is 25.1 Å². The summed E-state index contributed by atoms with van der Waals surface area (Å²) in [7, 11) is 3.43. The van der Waals surface area contributed by atoms with Gasteiger partial charge < -0.3 is 9.80 Å². The van der Waals surface area contributed by atoms with Crippen molar-refractivity contribution in [2.24, 2.45) is 0 Å². The number of nitrogens with zero attached hydrogens (tertiary/aromatic N) is 5. The van der Waals surface area contributed by atoms with Crippen LogP contribution < -0.4 is 9.80 Å². The number of thiocarbonyl (C=S) groups is 1. The van der Waals surface area contributed by atoms with E-state index in [2.05, 4.69) is 11.6 Å². The molecule has 0 saturated carbocycles. The SMILES string of the molecule is C=C(c1ccc(N2C(=S)N(c3cnc(C#N)c(C(F)(F)F)c3)C(=O)C2(C)C)cc1F)N(C)C. The first kappa shape index (κ1) is 24.1. The van der Waals surface area contributed by atoms with Crippen molar-refractivity contribution in [1.29, 1.82) is 5.26 Å². The molecule has 6 nitrogen and oxygen atoms in total. The number of anilines is 2. The average molecular weight is 477 g/mol. The van der Waals surface area contributed by atoms with Crippen LogP contribution in [0.15, 0.2) is 37.0 Å². The number of rotatable bonds is 4. The molecule has 33 heavy (non-hydrogen) atoms. The standard InChI is InChI=1S/C22H19F4N5OS/c1-12(29(4)5)15-7-6-13(9-17(15)23)31-20(33)30(19(32)21(31,2)3)14-8-16(22(24,25)26)18(10-27)28-11-14/h6-9,11H,1H2,2-5H3. The lowest BCUT2D eigenvalue weighted by atomic mass is 10.0. The summed E-state index contributed by atoms with van der Waals surface area (Å²) < 4.78 is 55.1. The molecule has 1 saturated heterocycles. The lowest BCUT2D eigenvalue weighted by Crippen LogP contribution is -2.44. The Morgan fingerprint density at radius 2 is 1.88 bits per heavy atom. The maximum atomic E-state index is 14.9. The van der Waals surface area contributed by atoms with Crippen LogP contribution in [0.25, 0.3) is 5.70 Å². The largest absolute Gasteiger partial charge is 0.419 e. The molecular weight excluding hydrogens is 458 g/mol. The van der Waals surface area contributed by atoms with Gasteiger partial charge in [0.15, 0.2) is 10.8 Å². The van der Waals surface area contributed by atoms with Gasteiger partial charge in [-0.05, 0) is 50.3 Å². The van der Waals surface area contributed by atoms with Gasteiger partial charge in [-0.2, -0.15) is 18.4 Å². The zero-order chi connectivity index (χ0) is 24.9. The van der Waals surface area contributed by atoms with E-state index in [1.165, 1.54) is 36.9 Å². The predicted molar refractivity (Wildman–Crippen MR) is 120 cm³/mol. The number of nitriles is 1. The molecule has 1 fully saturated rings. The van der Waals surface area contributed by atoms with Gasteiger partial charge in [-0.1, -0.05) is 6.58 Å². The van der Waals surface area contributed by atoms with E-state index in [4.69, 9.17) is 17.5 Å². The number of halogens is 4. The monoisotopic (exact) mass is 477 g/mol. The Morgan fingerprint density at radius 1 is 1.24 bits per heavy atom. The maximum Gasteiger partial charge on any atom is 0.419 e. The highest BCUT2D eigenvalue weighted by Crippen LogP contribution is 2.39. The van der Waals surface area contributed by atoms with E-state index >= 15 is 0 Å². The van der Waals surface area contributed by atoms with Gasteiger partial charge in [0.05, 0.1) is 17.4 Å². The smallest absolute Gasteiger partial charge is 0.378 e. The van der Waals surface area contributed by atoms with Gasteiger partial charge >= 0.3 is 6.18 Å². The zero-order valence-corrected chi connectivity index (χ0v) is 19.0. The van der Waals surface area contributed by atoms with Gasteiger partial charge in [0.2, 0.25) is 0 Å². The van der Waals surface area contributed by atoms with Gasteiger partial charge in [0, 0.05) is 31.0 Å². The normalized spacial score (nSPS) is 15.6. The molecular formula is C22H19F4N5OS. The first-order chi connectivity index (χ1) is 15.2. The van der Waals surface area contributed by atoms with Gasteiger partial charge in [-0.25, -0.2) is 9.37 Å². The number of amides is 1. The topological polar surface area (TPSA) is 63.5 Å². The van der Waals surface area contributed by atoms with Crippen molar-refractivity contribution >= 4 is 40.3 Å². The van der Waals surface area contributed by atoms with E-state index in [1.807, 2.05) is 0 Å². The highest BCUT2D eigenvalue weighted by molar-refractivity contribution is 7.81. The summed E-state index contributed by atoms with van der Waals surface area (Å²) in [5.41, 5.74) is -2.76. The van der Waals surface area contributed by atoms with Crippen LogP contribution in [0.1, 0.15) is 30.7 Å². The number of alkyl halides is 3. The number of carbonyl (C=O) groups is 1. The maximum absolute atomic E-state index is 14.9. The summed E-state index contributed by atoms with van der Waals surface area (Å²) in [5, 5.41) is 8.82. The molecule has 0 radical (unpaired) electrons. The Hall–Kier alpha value is -3.52. The second kappa shape index (κ2) is 8.12. The number of pyridine rings is 1. The second-order valence-corrected chi connectivity index (χ2v) is 8.39. The van der Waals surface area contributed by atoms with Crippen LogP contribution in [0.3, 0.4) is 0 Å². The lowest BCUT2D eigenvalue weighted by Gasteiger charge is -2.30. The highest BCUT2D eigenvalue weighted by atomic mass is 32.1. The molecule has 3 rings (SSSR count). The van der Waals surface area contributed by atoms with Crippen LogP contribution >= 0.6 is 12.2 Å². The van der Waals surface area contributed by atoms with Crippen molar-refractivity contribution in [2.75, 3.05) is 23.9 Å². The summed E-state index contributed by atoms with van der Waals surface area (Å²) >= 11 is 5.43. The molecule has 0 atom stereocenters. The molecule has 2 heterocycles. The Bertz CT molecular complexity index is 1220. The number of hydrogen-bond donors (Lipinski definition) is 0. The number of aromatic nitrogens is 1. The predicted octanol–water partition coefficient (Wildman–Crippen LogP) is 4.56. The van der Waals surface area contributed by atoms with Gasteiger partial charge in [0.1, 0.15) is 17.4 Å². The number of hydrogen-bond acceptors (Lipinski definition) is 5. The van der Waals surface area contributed by atoms with Gasteiger partial charge in [-0.3, -0.25) is 9.69 Å². The van der Waals surface area contributed by atoms with Crippen LogP contribution in [0.4, 0.5) is 28.9 Å². The molecule has 0 N–H and O–H groups in total. The Labute approximate surface area is 193 Å². The van der Waals surface area contributed by atoms with Crippen molar-refractivity contribution in [3.05, 3.63) is 59.7 Å². The quantitative estimate of drug-likeness (QED) is 0.475. The summed E-state index contributed by atoms with van der Waals surface area (Å²) in [5.74, 6) is -1.23. The average Bonchev–Trinajstić information content (AvgIpc) is 2.90. The molecule has 1 aliphatic rings. The third kappa shape index (κ3) is 4.02. The van der Waals surface area contributed by atoms with E-state index in [9.17, 15) is 22.4 Å². The van der Waals surface area contributed by atoms with E-state index in [0.29, 0.717) is 11.8 Å². The summed E-state index contributed by atoms with van der Waals surface area (Å²) in [6.07, 6.45) is -3.89. The number of carbonyl (C=O) groups excluding carboxylic acids is 1. The molecule has 1 amide bonds. The molecule has 1 aromatic heterocycles. The van der Waals surface area contributed by atoms with E-state index in [0.717, 1.165) is 11.1 Å². The minimum atomic E-state index is -4.86. The fourth-order valence-electron chi connectivity index (χ4n) is 3.46. The molecule has 11 heteroatoms. The van der Waals surface area contributed by atoms with Crippen LogP contribution in [0.2, 0.25) is 0 Å². The Kier molecular flexibility index (Phi) is 5.93. The van der Waals surface area contributed by atoms with Crippen molar-refractivity contribution in [1.82, 2.24) is 9.88 Å². The van der Waals surface area contributed by atoms with E-state index < -0.39 is 34.7 Å². The molecule has 0 bridgehead atoms. The molecule has 1 aromatic carbocycles. The van der Waals surface area contributed by atoms with Crippen LogP contribution in [0.5, 0.6) is 0 Å². The molecule has 0 unspecified atom stereocenters. The first-order valence-corrected chi connectivity index (χ1v) is 9.95. The third-order valence-electron chi connectivity index (χ3n) is 5.27. The van der Waals surface area contributed by atoms with Crippen LogP contribution in [-0.2, 0) is 11.0 Å². The van der Waals surface area contributed by atoms with E-state index in [-0.39, 0.29) is 22.1 Å². The molecule has 2 aromatic rings. The summed E-state index contributed by atoms with van der Waals surface area (Å²) in [4.78, 5) is 20.7. The zero-order valence-electron chi connectivity index (χ0n) is 18.2.